The molecular weight excluding hydrogens is 364 g/mol. The lowest BCUT2D eigenvalue weighted by atomic mass is 9.90. The number of phenolic OH excluding ortho intramolecular Hbond substituents is 1. The highest BCUT2D eigenvalue weighted by atomic mass is 16.5. The van der Waals surface area contributed by atoms with Crippen LogP contribution in [0.3, 0.4) is 0 Å². The van der Waals surface area contributed by atoms with Crippen molar-refractivity contribution in [3.05, 3.63) is 41.0 Å². The SMILES string of the molecule is COc1cc(C2Oc3c(OC)cc(C(O)C(C)O)cc3C2C)cc(O)c1OC. The third-order valence-corrected chi connectivity index (χ3v) is 5.12. The average molecular weight is 390 g/mol. The van der Waals surface area contributed by atoms with Gasteiger partial charge in [-0.1, -0.05) is 6.92 Å². The summed E-state index contributed by atoms with van der Waals surface area (Å²) < 4.78 is 22.1. The summed E-state index contributed by atoms with van der Waals surface area (Å²) in [6, 6.07) is 6.84. The molecule has 3 rings (SSSR count). The Bertz CT molecular complexity index is 862. The molecule has 4 atom stereocenters. The number of ether oxygens (including phenoxy) is 4. The molecule has 1 aliphatic rings. The van der Waals surface area contributed by atoms with E-state index in [0.717, 1.165) is 11.1 Å². The van der Waals surface area contributed by atoms with Crippen LogP contribution in [0.2, 0.25) is 0 Å². The third-order valence-electron chi connectivity index (χ3n) is 5.12. The maximum atomic E-state index is 10.3. The molecule has 0 aliphatic carbocycles. The topological polar surface area (TPSA) is 97.6 Å². The fourth-order valence-electron chi connectivity index (χ4n) is 3.59. The summed E-state index contributed by atoms with van der Waals surface area (Å²) in [7, 11) is 4.49. The summed E-state index contributed by atoms with van der Waals surface area (Å²) in [6.45, 7) is 3.52. The largest absolute Gasteiger partial charge is 0.504 e. The van der Waals surface area contributed by atoms with Crippen molar-refractivity contribution < 1.29 is 34.3 Å². The first kappa shape index (κ1) is 20.1. The number of phenols is 1. The Morgan fingerprint density at radius 1 is 0.964 bits per heavy atom. The molecule has 0 bridgehead atoms. The van der Waals surface area contributed by atoms with Gasteiger partial charge in [-0.25, -0.2) is 0 Å². The average Bonchev–Trinajstić information content (AvgIpc) is 3.02. The molecular formula is C21H26O7. The van der Waals surface area contributed by atoms with E-state index < -0.39 is 18.3 Å². The highest BCUT2D eigenvalue weighted by molar-refractivity contribution is 5.58. The van der Waals surface area contributed by atoms with Crippen LogP contribution in [0, 0.1) is 0 Å². The fraction of sp³-hybridized carbons (Fsp3) is 0.429. The van der Waals surface area contributed by atoms with E-state index in [9.17, 15) is 15.3 Å². The van der Waals surface area contributed by atoms with Crippen molar-refractivity contribution in [3.8, 4) is 28.7 Å². The smallest absolute Gasteiger partial charge is 0.203 e. The number of rotatable bonds is 6. The number of hydrogen-bond acceptors (Lipinski definition) is 7. The molecule has 2 aromatic carbocycles. The molecule has 28 heavy (non-hydrogen) atoms. The van der Waals surface area contributed by atoms with Gasteiger partial charge in [-0.15, -0.1) is 0 Å². The zero-order valence-electron chi connectivity index (χ0n) is 16.6. The monoisotopic (exact) mass is 390 g/mol. The minimum Gasteiger partial charge on any atom is -0.504 e. The lowest BCUT2D eigenvalue weighted by Gasteiger charge is -2.19. The summed E-state index contributed by atoms with van der Waals surface area (Å²) in [5.74, 6) is 1.58. The van der Waals surface area contributed by atoms with E-state index in [-0.39, 0.29) is 17.4 Å². The molecule has 7 nitrogen and oxygen atoms in total. The van der Waals surface area contributed by atoms with Crippen LogP contribution in [0.25, 0.3) is 0 Å². The van der Waals surface area contributed by atoms with Crippen molar-refractivity contribution in [1.29, 1.82) is 0 Å². The summed E-state index contributed by atoms with van der Waals surface area (Å²) in [6.07, 6.45) is -2.34. The van der Waals surface area contributed by atoms with Gasteiger partial charge in [-0.05, 0) is 36.8 Å². The lowest BCUT2D eigenvalue weighted by Crippen LogP contribution is -2.14. The summed E-state index contributed by atoms with van der Waals surface area (Å²) in [5.41, 5.74) is 2.13. The number of hydrogen-bond donors (Lipinski definition) is 3. The summed E-state index contributed by atoms with van der Waals surface area (Å²) in [4.78, 5) is 0. The van der Waals surface area contributed by atoms with Gasteiger partial charge >= 0.3 is 0 Å². The van der Waals surface area contributed by atoms with Crippen molar-refractivity contribution in [3.63, 3.8) is 0 Å². The minimum absolute atomic E-state index is 0.0409. The van der Waals surface area contributed by atoms with Gasteiger partial charge in [-0.2, -0.15) is 0 Å². The van der Waals surface area contributed by atoms with Gasteiger partial charge in [0.2, 0.25) is 5.75 Å². The third kappa shape index (κ3) is 3.31. The van der Waals surface area contributed by atoms with Crippen molar-refractivity contribution in [2.45, 2.75) is 38.1 Å². The molecule has 152 valence electrons. The van der Waals surface area contributed by atoms with E-state index in [1.54, 1.807) is 18.2 Å². The Hall–Kier alpha value is -2.64. The van der Waals surface area contributed by atoms with Crippen LogP contribution in [0.15, 0.2) is 24.3 Å². The number of methoxy groups -OCH3 is 3. The van der Waals surface area contributed by atoms with Crippen LogP contribution in [0.5, 0.6) is 28.7 Å². The van der Waals surface area contributed by atoms with Gasteiger partial charge in [0.1, 0.15) is 12.2 Å². The van der Waals surface area contributed by atoms with E-state index in [1.807, 2.05) is 13.0 Å². The van der Waals surface area contributed by atoms with Crippen molar-refractivity contribution in [2.24, 2.45) is 0 Å². The summed E-state index contributed by atoms with van der Waals surface area (Å²) >= 11 is 0. The van der Waals surface area contributed by atoms with Crippen molar-refractivity contribution >= 4 is 0 Å². The molecule has 3 N–H and O–H groups in total. The number of aliphatic hydroxyl groups is 2. The van der Waals surface area contributed by atoms with Crippen molar-refractivity contribution in [2.75, 3.05) is 21.3 Å². The van der Waals surface area contributed by atoms with Gasteiger partial charge in [0.05, 0.1) is 27.4 Å². The van der Waals surface area contributed by atoms with Crippen molar-refractivity contribution in [1.82, 2.24) is 0 Å². The Balaban J connectivity index is 2.04. The van der Waals surface area contributed by atoms with Gasteiger partial charge in [0, 0.05) is 17.0 Å². The second-order valence-corrected chi connectivity index (χ2v) is 6.93. The minimum atomic E-state index is -1.03. The van der Waals surface area contributed by atoms with E-state index in [0.29, 0.717) is 22.8 Å². The Labute approximate surface area is 164 Å². The molecule has 0 spiro atoms. The molecule has 2 aromatic rings. The number of benzene rings is 2. The molecule has 0 saturated carbocycles. The second kappa shape index (κ2) is 7.77. The number of aliphatic hydroxyl groups excluding tert-OH is 2. The first-order valence-corrected chi connectivity index (χ1v) is 9.01. The number of fused-ring (bicyclic) bond motifs is 1. The zero-order valence-corrected chi connectivity index (χ0v) is 16.6. The highest BCUT2D eigenvalue weighted by Crippen LogP contribution is 2.52. The Kier molecular flexibility index (Phi) is 5.58. The van der Waals surface area contributed by atoms with Crippen LogP contribution in [0.4, 0.5) is 0 Å². The molecule has 4 unspecified atom stereocenters. The molecule has 0 aromatic heterocycles. The first-order chi connectivity index (χ1) is 13.3. The predicted octanol–water partition coefficient (Wildman–Crippen LogP) is 3.07. The molecule has 0 saturated heterocycles. The van der Waals surface area contributed by atoms with E-state index in [2.05, 4.69) is 0 Å². The van der Waals surface area contributed by atoms with Crippen LogP contribution in [0.1, 0.15) is 48.7 Å². The highest BCUT2D eigenvalue weighted by Gasteiger charge is 2.36. The van der Waals surface area contributed by atoms with Gasteiger partial charge < -0.3 is 34.3 Å². The normalized spacial score (nSPS) is 20.1. The summed E-state index contributed by atoms with van der Waals surface area (Å²) in [5, 5.41) is 30.3. The standard InChI is InChI=1S/C21H26O7/c1-10-14-6-12(18(24)11(2)22)8-16(25-3)20(14)28-19(10)13-7-15(23)21(27-5)17(9-13)26-4/h6-11,18-19,22-24H,1-5H3. The predicted molar refractivity (Wildman–Crippen MR) is 103 cm³/mol. The maximum Gasteiger partial charge on any atom is 0.203 e. The molecule has 7 heteroatoms. The first-order valence-electron chi connectivity index (χ1n) is 9.01. The van der Waals surface area contributed by atoms with Crippen LogP contribution in [-0.4, -0.2) is 42.8 Å². The zero-order chi connectivity index (χ0) is 20.6. The Morgan fingerprint density at radius 3 is 2.21 bits per heavy atom. The lowest BCUT2D eigenvalue weighted by molar-refractivity contribution is 0.0304. The Morgan fingerprint density at radius 2 is 1.64 bits per heavy atom. The second-order valence-electron chi connectivity index (χ2n) is 6.93. The van der Waals surface area contributed by atoms with Crippen LogP contribution >= 0.6 is 0 Å². The van der Waals surface area contributed by atoms with E-state index >= 15 is 0 Å². The molecule has 0 fully saturated rings. The molecule has 0 radical (unpaired) electrons. The van der Waals surface area contributed by atoms with E-state index in [1.165, 1.54) is 28.3 Å². The van der Waals surface area contributed by atoms with E-state index in [4.69, 9.17) is 18.9 Å². The maximum absolute atomic E-state index is 10.3. The van der Waals surface area contributed by atoms with Crippen LogP contribution < -0.4 is 18.9 Å². The van der Waals surface area contributed by atoms with Gasteiger partial charge in [-0.3, -0.25) is 0 Å². The molecule has 0 amide bonds. The van der Waals surface area contributed by atoms with Crippen LogP contribution in [-0.2, 0) is 0 Å². The van der Waals surface area contributed by atoms with Gasteiger partial charge in [0.15, 0.2) is 23.0 Å². The molecule has 1 heterocycles. The fourth-order valence-corrected chi connectivity index (χ4v) is 3.59. The number of aromatic hydroxyl groups is 1. The molecule has 1 aliphatic heterocycles. The van der Waals surface area contributed by atoms with Gasteiger partial charge in [0.25, 0.3) is 0 Å². The quantitative estimate of drug-likeness (QED) is 0.697.